The Morgan fingerprint density at radius 2 is 2.03 bits per heavy atom. The third-order valence-corrected chi connectivity index (χ3v) is 6.88. The molecule has 1 atom stereocenters. The van der Waals surface area contributed by atoms with Crippen LogP contribution >= 0.6 is 0 Å². The molecular weight excluding hydrogens is 418 g/mol. The van der Waals surface area contributed by atoms with Gasteiger partial charge in [-0.3, -0.25) is 14.2 Å². The number of ether oxygens (including phenoxy) is 1. The second kappa shape index (κ2) is 7.55. The molecule has 2 aliphatic rings. The summed E-state index contributed by atoms with van der Waals surface area (Å²) in [6.07, 6.45) is 4.81. The lowest BCUT2D eigenvalue weighted by molar-refractivity contribution is -0.130. The number of hydrogen-bond donors (Lipinski definition) is 0. The first-order valence-corrected chi connectivity index (χ1v) is 11.4. The van der Waals surface area contributed by atoms with E-state index in [4.69, 9.17) is 14.8 Å². The van der Waals surface area contributed by atoms with E-state index in [1.807, 2.05) is 36.1 Å². The highest BCUT2D eigenvalue weighted by Crippen LogP contribution is 2.36. The lowest BCUT2D eigenvalue weighted by atomic mass is 10.0. The van der Waals surface area contributed by atoms with Gasteiger partial charge in [0.05, 0.1) is 36.3 Å². The molecule has 6 rings (SSSR count). The van der Waals surface area contributed by atoms with Gasteiger partial charge in [0.15, 0.2) is 0 Å². The molecule has 170 valence electrons. The zero-order chi connectivity index (χ0) is 22.7. The first kappa shape index (κ1) is 20.2. The van der Waals surface area contributed by atoms with Crippen LogP contribution in [0.25, 0.3) is 33.4 Å². The van der Waals surface area contributed by atoms with Crippen LogP contribution in [0.15, 0.2) is 30.6 Å². The molecule has 0 spiro atoms. The fourth-order valence-corrected chi connectivity index (χ4v) is 5.12. The Bertz CT molecular complexity index is 1370. The van der Waals surface area contributed by atoms with Gasteiger partial charge in [0.25, 0.3) is 0 Å². The molecule has 33 heavy (non-hydrogen) atoms. The van der Waals surface area contributed by atoms with Gasteiger partial charge in [-0.1, -0.05) is 6.07 Å². The molecule has 1 unspecified atom stereocenters. The molecule has 0 bridgehead atoms. The number of benzene rings is 1. The van der Waals surface area contributed by atoms with Crippen molar-refractivity contribution in [3.63, 3.8) is 0 Å². The summed E-state index contributed by atoms with van der Waals surface area (Å²) in [5, 5.41) is 10.2. The molecule has 2 aliphatic heterocycles. The number of aryl methyl sites for hydroxylation is 2. The van der Waals surface area contributed by atoms with Crippen LogP contribution in [0, 0.1) is 0 Å². The van der Waals surface area contributed by atoms with E-state index in [1.165, 1.54) is 0 Å². The first-order valence-electron chi connectivity index (χ1n) is 11.4. The third-order valence-electron chi connectivity index (χ3n) is 6.88. The second-order valence-electron chi connectivity index (χ2n) is 9.02. The number of nitrogens with zero attached hydrogens (tertiary/aromatic N) is 7. The highest BCUT2D eigenvalue weighted by molar-refractivity contribution is 5.95. The number of amides is 1. The number of fused-ring (bicyclic) bond motifs is 2. The van der Waals surface area contributed by atoms with Crippen LogP contribution in [0.3, 0.4) is 0 Å². The smallest absolute Gasteiger partial charge is 0.219 e. The van der Waals surface area contributed by atoms with Gasteiger partial charge in [-0.15, -0.1) is 0 Å². The molecule has 1 saturated heterocycles. The molecule has 3 aromatic heterocycles. The molecule has 5 heterocycles. The molecule has 0 N–H and O–H groups in total. The minimum Gasteiger partial charge on any atom is -0.381 e. The van der Waals surface area contributed by atoms with Crippen molar-refractivity contribution in [2.24, 2.45) is 14.1 Å². The van der Waals surface area contributed by atoms with E-state index in [0.29, 0.717) is 25.6 Å². The summed E-state index contributed by atoms with van der Waals surface area (Å²) >= 11 is 0. The Hall–Kier alpha value is -3.46. The Kier molecular flexibility index (Phi) is 4.62. The van der Waals surface area contributed by atoms with Gasteiger partial charge in [0.1, 0.15) is 11.5 Å². The summed E-state index contributed by atoms with van der Waals surface area (Å²) in [7, 11) is 3.87. The van der Waals surface area contributed by atoms with E-state index in [9.17, 15) is 4.79 Å². The minimum atomic E-state index is 0.0979. The summed E-state index contributed by atoms with van der Waals surface area (Å²) in [4.78, 5) is 19.2. The topological polar surface area (TPSA) is 83.0 Å². The van der Waals surface area contributed by atoms with E-state index in [2.05, 4.69) is 27.9 Å². The molecule has 1 aromatic carbocycles. The van der Waals surface area contributed by atoms with Crippen LogP contribution in [0.2, 0.25) is 0 Å². The van der Waals surface area contributed by atoms with Crippen molar-refractivity contribution in [3.8, 4) is 22.5 Å². The van der Waals surface area contributed by atoms with Crippen LogP contribution < -0.4 is 0 Å². The Morgan fingerprint density at radius 1 is 1.15 bits per heavy atom. The monoisotopic (exact) mass is 445 g/mol. The third kappa shape index (κ3) is 3.26. The van der Waals surface area contributed by atoms with E-state index < -0.39 is 0 Å². The van der Waals surface area contributed by atoms with E-state index in [0.717, 1.165) is 64.5 Å². The van der Waals surface area contributed by atoms with E-state index in [-0.39, 0.29) is 5.91 Å². The maximum Gasteiger partial charge on any atom is 0.219 e. The molecule has 9 heteroatoms. The molecule has 9 nitrogen and oxygen atoms in total. The quantitative estimate of drug-likeness (QED) is 0.484. The predicted molar refractivity (Wildman–Crippen MR) is 123 cm³/mol. The van der Waals surface area contributed by atoms with Crippen molar-refractivity contribution in [2.45, 2.75) is 32.4 Å². The van der Waals surface area contributed by atoms with Crippen LogP contribution in [-0.4, -0.2) is 59.7 Å². The highest BCUT2D eigenvalue weighted by atomic mass is 16.5. The molecule has 0 radical (unpaired) electrons. The van der Waals surface area contributed by atoms with Gasteiger partial charge in [0.2, 0.25) is 5.91 Å². The summed E-state index contributed by atoms with van der Waals surface area (Å²) in [5.41, 5.74) is 6.04. The minimum absolute atomic E-state index is 0.0979. The molecular formula is C24H27N7O2. The second-order valence-corrected chi connectivity index (χ2v) is 9.02. The summed E-state index contributed by atoms with van der Waals surface area (Å²) in [5.74, 6) is 1.48. The number of carbonyl (C=O) groups is 1. The average molecular weight is 446 g/mol. The van der Waals surface area contributed by atoms with Crippen molar-refractivity contribution < 1.29 is 9.53 Å². The maximum absolute atomic E-state index is 12.2. The van der Waals surface area contributed by atoms with Gasteiger partial charge in [-0.2, -0.15) is 10.2 Å². The fraction of sp³-hybridized carbons (Fsp3) is 0.417. The van der Waals surface area contributed by atoms with Gasteiger partial charge < -0.3 is 14.2 Å². The Labute approximate surface area is 191 Å². The Morgan fingerprint density at radius 3 is 2.76 bits per heavy atom. The van der Waals surface area contributed by atoms with Crippen molar-refractivity contribution in [1.82, 2.24) is 34.0 Å². The SMILES string of the molecule is CC(=O)N1CCn2c(C3CCOC3)nc(-c3ccc4c(c3)c(-c3cnn(C)c3)nn4C)c2C1. The van der Waals surface area contributed by atoms with Crippen LogP contribution in [0.4, 0.5) is 0 Å². The lowest BCUT2D eigenvalue weighted by Crippen LogP contribution is -2.37. The zero-order valence-electron chi connectivity index (χ0n) is 19.2. The number of hydrogen-bond acceptors (Lipinski definition) is 5. The van der Waals surface area contributed by atoms with E-state index >= 15 is 0 Å². The maximum atomic E-state index is 12.2. The number of rotatable bonds is 3. The lowest BCUT2D eigenvalue weighted by Gasteiger charge is -2.29. The predicted octanol–water partition coefficient (Wildman–Crippen LogP) is 2.70. The largest absolute Gasteiger partial charge is 0.381 e. The molecule has 1 fully saturated rings. The Balaban J connectivity index is 1.51. The summed E-state index contributed by atoms with van der Waals surface area (Å²) in [6.45, 7) is 5.18. The molecule has 4 aromatic rings. The van der Waals surface area contributed by atoms with Gasteiger partial charge in [0, 0.05) is 69.3 Å². The standard InChI is InChI=1S/C24H27N7O2/c1-15(32)30-7-8-31-21(13-30)23(26-24(31)17-6-9-33-14-17)16-4-5-20-19(10-16)22(27-29(20)3)18-11-25-28(2)12-18/h4-5,10-12,17H,6-9,13-14H2,1-3H3. The molecule has 0 saturated carbocycles. The van der Waals surface area contributed by atoms with Crippen molar-refractivity contribution in [2.75, 3.05) is 19.8 Å². The number of imidazole rings is 1. The van der Waals surface area contributed by atoms with Crippen molar-refractivity contribution in [3.05, 3.63) is 42.1 Å². The van der Waals surface area contributed by atoms with Gasteiger partial charge in [-0.05, 0) is 18.6 Å². The number of aromatic nitrogens is 6. The van der Waals surface area contributed by atoms with E-state index in [1.54, 1.807) is 11.6 Å². The van der Waals surface area contributed by atoms with Gasteiger partial charge in [-0.25, -0.2) is 4.98 Å². The summed E-state index contributed by atoms with van der Waals surface area (Å²) < 4.78 is 11.7. The normalized spacial score (nSPS) is 18.3. The molecule has 1 amide bonds. The molecule has 0 aliphatic carbocycles. The van der Waals surface area contributed by atoms with Gasteiger partial charge >= 0.3 is 0 Å². The number of carbonyl (C=O) groups excluding carboxylic acids is 1. The average Bonchev–Trinajstić information content (AvgIpc) is 3.59. The summed E-state index contributed by atoms with van der Waals surface area (Å²) in [6, 6.07) is 6.39. The fourth-order valence-electron chi connectivity index (χ4n) is 5.12. The zero-order valence-corrected chi connectivity index (χ0v) is 19.2. The van der Waals surface area contributed by atoms with Crippen molar-refractivity contribution >= 4 is 16.8 Å². The van der Waals surface area contributed by atoms with Crippen LogP contribution in [0.1, 0.15) is 30.8 Å². The first-order chi connectivity index (χ1) is 16.0. The highest BCUT2D eigenvalue weighted by Gasteiger charge is 2.31. The van der Waals surface area contributed by atoms with Crippen LogP contribution in [0.5, 0.6) is 0 Å². The van der Waals surface area contributed by atoms with Crippen molar-refractivity contribution in [1.29, 1.82) is 0 Å². The van der Waals surface area contributed by atoms with Crippen LogP contribution in [-0.2, 0) is 36.7 Å².